The van der Waals surface area contributed by atoms with Gasteiger partial charge in [-0.1, -0.05) is 84.0 Å². The Kier molecular flexibility index (Phi) is 36.3. The maximum atomic E-state index is 10.3. The fourth-order valence-electron chi connectivity index (χ4n) is 2.49. The fourth-order valence-corrected chi connectivity index (χ4v) is 2.49. The van der Waals surface area contributed by atoms with Gasteiger partial charge in [-0.3, -0.25) is 4.79 Å². The molecule has 23 heavy (non-hydrogen) atoms. The van der Waals surface area contributed by atoms with E-state index in [9.17, 15) is 4.79 Å². The second kappa shape index (κ2) is 27.0. The van der Waals surface area contributed by atoms with Crippen LogP contribution in [0.4, 0.5) is 0 Å². The molecule has 0 atom stereocenters. The number of unbranched alkanes of at least 4 members (excludes halogenated alkanes) is 14. The van der Waals surface area contributed by atoms with Gasteiger partial charge in [-0.15, -0.1) is 0 Å². The molecule has 0 aliphatic heterocycles. The molecule has 0 saturated heterocycles. The molecule has 0 bridgehead atoms. The summed E-state index contributed by atoms with van der Waals surface area (Å²) >= 11 is 0. The van der Waals surface area contributed by atoms with E-state index < -0.39 is 5.97 Å². The van der Waals surface area contributed by atoms with E-state index in [4.69, 9.17) is 5.11 Å². The first-order valence-corrected chi connectivity index (χ1v) is 8.80. The normalized spacial score (nSPS) is 9.43. The van der Waals surface area contributed by atoms with Crippen LogP contribution in [0.1, 0.15) is 103 Å². The Morgan fingerprint density at radius 2 is 1.13 bits per heavy atom. The van der Waals surface area contributed by atoms with E-state index in [0.717, 1.165) is 19.3 Å². The molecule has 0 aromatic carbocycles. The molecule has 0 amide bonds. The number of aliphatic carboxylic acids is 1. The molecule has 5 N–H and O–H groups in total. The number of carboxylic acids is 1. The number of carbonyl (C=O) groups is 1. The van der Waals surface area contributed by atoms with E-state index in [1.54, 1.807) is 0 Å². The Morgan fingerprint density at radius 1 is 0.739 bits per heavy atom. The third kappa shape index (κ3) is 30.5. The molecule has 0 saturated carbocycles. The minimum absolute atomic E-state index is 0. The summed E-state index contributed by atoms with van der Waals surface area (Å²) in [6.45, 7) is 2.27. The smallest absolute Gasteiger partial charge is 0.303 e. The minimum Gasteiger partial charge on any atom is -0.481 e. The van der Waals surface area contributed by atoms with E-state index >= 15 is 0 Å². The number of carboxylic acid groups (broad SMARTS) is 1. The zero-order valence-corrected chi connectivity index (χ0v) is 16.6. The van der Waals surface area contributed by atoms with Crippen LogP contribution in [-0.2, 0) is 26.5 Å². The first-order valence-electron chi connectivity index (χ1n) is 8.80. The van der Waals surface area contributed by atoms with Gasteiger partial charge >= 0.3 is 5.97 Å². The number of hydrogen-bond acceptors (Lipinski definition) is 1. The van der Waals surface area contributed by atoms with Crippen molar-refractivity contribution in [1.82, 2.24) is 0 Å². The summed E-state index contributed by atoms with van der Waals surface area (Å²) in [7, 11) is 0. The first kappa shape index (κ1) is 30.9. The van der Waals surface area contributed by atoms with Gasteiger partial charge in [0.2, 0.25) is 0 Å². The standard InChI is InChI=1S/C18H35O2.2H2O.Ti/c1-2-3-4-5-6-7-8-9-10-11-12-13-14-15-16-17-18(19)20;;;/h14H,2-13,15-17H2,1H3,(H,19,20);2*1H2;/q-1;;;. The van der Waals surface area contributed by atoms with Crippen molar-refractivity contribution in [3.8, 4) is 0 Å². The van der Waals surface area contributed by atoms with Gasteiger partial charge in [0, 0.05) is 28.1 Å². The molecule has 0 aromatic heterocycles. The summed E-state index contributed by atoms with van der Waals surface area (Å²) in [5.41, 5.74) is 0. The summed E-state index contributed by atoms with van der Waals surface area (Å²) in [6.07, 6.45) is 20.7. The second-order valence-corrected chi connectivity index (χ2v) is 5.90. The van der Waals surface area contributed by atoms with Crippen molar-refractivity contribution in [2.24, 2.45) is 0 Å². The Bertz CT molecular complexity index is 213. The van der Waals surface area contributed by atoms with E-state index in [-0.39, 0.29) is 32.7 Å². The van der Waals surface area contributed by atoms with Crippen molar-refractivity contribution in [2.75, 3.05) is 0 Å². The van der Waals surface area contributed by atoms with Crippen LogP contribution in [0.5, 0.6) is 0 Å². The monoisotopic (exact) mass is 367 g/mol. The Labute approximate surface area is 158 Å². The van der Waals surface area contributed by atoms with Gasteiger partial charge in [0.05, 0.1) is 0 Å². The zero-order valence-electron chi connectivity index (χ0n) is 15.0. The molecule has 0 spiro atoms. The summed E-state index contributed by atoms with van der Waals surface area (Å²) in [5, 5.41) is 8.50. The number of hydrogen-bond donors (Lipinski definition) is 1. The van der Waals surface area contributed by atoms with Crippen molar-refractivity contribution in [1.29, 1.82) is 0 Å². The van der Waals surface area contributed by atoms with Crippen LogP contribution in [0.25, 0.3) is 0 Å². The second-order valence-electron chi connectivity index (χ2n) is 5.90. The van der Waals surface area contributed by atoms with Crippen LogP contribution in [0.2, 0.25) is 0 Å². The molecule has 140 valence electrons. The molecule has 0 unspecified atom stereocenters. The van der Waals surface area contributed by atoms with Gasteiger partial charge < -0.3 is 22.5 Å². The maximum absolute atomic E-state index is 10.3. The van der Waals surface area contributed by atoms with Crippen molar-refractivity contribution < 1.29 is 42.6 Å². The van der Waals surface area contributed by atoms with Crippen LogP contribution in [0.15, 0.2) is 0 Å². The summed E-state index contributed by atoms with van der Waals surface area (Å²) in [4.78, 5) is 10.3. The van der Waals surface area contributed by atoms with Crippen molar-refractivity contribution in [3.05, 3.63) is 6.42 Å². The van der Waals surface area contributed by atoms with Crippen LogP contribution >= 0.6 is 0 Å². The summed E-state index contributed by atoms with van der Waals surface area (Å²) < 4.78 is 0. The molecule has 0 aromatic rings. The molecule has 0 aliphatic rings. The van der Waals surface area contributed by atoms with Crippen LogP contribution in [0.3, 0.4) is 0 Å². The predicted molar refractivity (Wildman–Crippen MR) is 94.1 cm³/mol. The quantitative estimate of drug-likeness (QED) is 0.247. The molecular weight excluding hydrogens is 328 g/mol. The molecule has 0 radical (unpaired) electrons. The summed E-state index contributed by atoms with van der Waals surface area (Å²) in [5.74, 6) is -0.673. The maximum Gasteiger partial charge on any atom is 0.303 e. The molecule has 4 nitrogen and oxygen atoms in total. The predicted octanol–water partition coefficient (Wildman–Crippen LogP) is 4.49. The van der Waals surface area contributed by atoms with Gasteiger partial charge in [-0.05, 0) is 0 Å². The van der Waals surface area contributed by atoms with E-state index in [1.807, 2.05) is 0 Å². The van der Waals surface area contributed by atoms with E-state index in [2.05, 4.69) is 13.3 Å². The Morgan fingerprint density at radius 3 is 1.57 bits per heavy atom. The van der Waals surface area contributed by atoms with Crippen molar-refractivity contribution in [3.63, 3.8) is 0 Å². The molecule has 0 rings (SSSR count). The fraction of sp³-hybridized carbons (Fsp3) is 0.889. The van der Waals surface area contributed by atoms with Crippen LogP contribution < -0.4 is 0 Å². The molecule has 0 heterocycles. The average molecular weight is 367 g/mol. The van der Waals surface area contributed by atoms with E-state index in [1.165, 1.54) is 70.6 Å². The molecular formula is C18H39O4Ti-. The minimum atomic E-state index is -0.673. The van der Waals surface area contributed by atoms with Gasteiger partial charge in [0.15, 0.2) is 0 Å². The van der Waals surface area contributed by atoms with Crippen LogP contribution in [0, 0.1) is 6.42 Å². The van der Waals surface area contributed by atoms with Crippen LogP contribution in [-0.4, -0.2) is 22.0 Å². The van der Waals surface area contributed by atoms with Crippen molar-refractivity contribution in [2.45, 2.75) is 103 Å². The van der Waals surface area contributed by atoms with Gasteiger partial charge in [-0.25, -0.2) is 0 Å². The zero-order chi connectivity index (χ0) is 14.9. The SMILES string of the molecule is CCCCCCCCCCCCC[CH-]CCCC(=O)O.O.O.[Ti]. The Balaban J connectivity index is -0.000000602. The third-order valence-electron chi connectivity index (χ3n) is 3.81. The van der Waals surface area contributed by atoms with Gasteiger partial charge in [-0.2, -0.15) is 12.8 Å². The first-order chi connectivity index (χ1) is 9.77. The Hall–Kier alpha value is 0.104. The largest absolute Gasteiger partial charge is 0.481 e. The van der Waals surface area contributed by atoms with E-state index in [0.29, 0.717) is 6.42 Å². The topological polar surface area (TPSA) is 100 Å². The molecule has 0 aliphatic carbocycles. The summed E-state index contributed by atoms with van der Waals surface area (Å²) in [6, 6.07) is 0. The third-order valence-corrected chi connectivity index (χ3v) is 3.81. The average Bonchev–Trinajstić information content (AvgIpc) is 2.43. The van der Waals surface area contributed by atoms with Gasteiger partial charge in [0.25, 0.3) is 0 Å². The van der Waals surface area contributed by atoms with Gasteiger partial charge in [0.1, 0.15) is 0 Å². The number of rotatable bonds is 16. The molecule has 5 heteroatoms. The van der Waals surface area contributed by atoms with Crippen molar-refractivity contribution >= 4 is 5.97 Å². The molecule has 0 fully saturated rings.